The lowest BCUT2D eigenvalue weighted by Crippen LogP contribution is -2.55. The molecule has 0 atom stereocenters. The summed E-state index contributed by atoms with van der Waals surface area (Å²) in [5.41, 5.74) is 3.11. The molecular formula is C16H24N2O. The Morgan fingerprint density at radius 1 is 1.42 bits per heavy atom. The smallest absolute Gasteiger partial charge is 0.246 e. The number of carbonyl (C=O) groups excluding carboxylic acids is 1. The van der Waals surface area contributed by atoms with Gasteiger partial charge in [0.15, 0.2) is 0 Å². The lowest BCUT2D eigenvalue weighted by molar-refractivity contribution is -0.123. The van der Waals surface area contributed by atoms with Gasteiger partial charge in [0.1, 0.15) is 0 Å². The number of hydrogen-bond donors (Lipinski definition) is 1. The SMILES string of the molecule is CCNC(C)(C)C(=O)N1CCCc2cccc(C)c21. The molecule has 3 nitrogen and oxygen atoms in total. The number of anilines is 1. The van der Waals surface area contributed by atoms with Crippen molar-refractivity contribution < 1.29 is 4.79 Å². The molecule has 1 amide bonds. The maximum Gasteiger partial charge on any atom is 0.246 e. The minimum absolute atomic E-state index is 0.171. The van der Waals surface area contributed by atoms with Gasteiger partial charge >= 0.3 is 0 Å². The van der Waals surface area contributed by atoms with Crippen LogP contribution in [-0.4, -0.2) is 24.5 Å². The van der Waals surface area contributed by atoms with Crippen molar-refractivity contribution in [1.82, 2.24) is 5.32 Å². The van der Waals surface area contributed by atoms with Crippen LogP contribution in [0, 0.1) is 6.92 Å². The van der Waals surface area contributed by atoms with E-state index in [-0.39, 0.29) is 5.91 Å². The van der Waals surface area contributed by atoms with Crippen molar-refractivity contribution in [3.05, 3.63) is 29.3 Å². The highest BCUT2D eigenvalue weighted by Gasteiger charge is 2.34. The fourth-order valence-electron chi connectivity index (χ4n) is 2.91. The van der Waals surface area contributed by atoms with E-state index < -0.39 is 5.54 Å². The Labute approximate surface area is 116 Å². The number of nitrogens with zero attached hydrogens (tertiary/aromatic N) is 1. The van der Waals surface area contributed by atoms with Crippen LogP contribution in [0.25, 0.3) is 0 Å². The summed E-state index contributed by atoms with van der Waals surface area (Å²) in [6, 6.07) is 6.31. The summed E-state index contributed by atoms with van der Waals surface area (Å²) in [5, 5.41) is 3.28. The summed E-state index contributed by atoms with van der Waals surface area (Å²) in [4.78, 5) is 14.8. The van der Waals surface area contributed by atoms with E-state index in [1.165, 1.54) is 11.1 Å². The summed E-state index contributed by atoms with van der Waals surface area (Å²) in [7, 11) is 0. The van der Waals surface area contributed by atoms with Crippen molar-refractivity contribution in [3.8, 4) is 0 Å². The number of nitrogens with one attached hydrogen (secondary N) is 1. The molecule has 0 unspecified atom stereocenters. The molecule has 0 bridgehead atoms. The van der Waals surface area contributed by atoms with Crippen molar-refractivity contribution in [2.45, 2.75) is 46.1 Å². The Bertz CT molecular complexity index is 480. The van der Waals surface area contributed by atoms with Gasteiger partial charge in [0, 0.05) is 12.2 Å². The van der Waals surface area contributed by atoms with E-state index in [1.54, 1.807) is 0 Å². The zero-order chi connectivity index (χ0) is 14.0. The molecule has 104 valence electrons. The third-order valence-corrected chi connectivity index (χ3v) is 3.82. The Balaban J connectivity index is 2.36. The van der Waals surface area contributed by atoms with Gasteiger partial charge in [-0.2, -0.15) is 0 Å². The number of fused-ring (bicyclic) bond motifs is 1. The molecule has 0 radical (unpaired) electrons. The second-order valence-corrected chi connectivity index (χ2v) is 5.80. The molecule has 0 saturated carbocycles. The molecule has 1 N–H and O–H groups in total. The molecule has 1 aromatic carbocycles. The van der Waals surface area contributed by atoms with Gasteiger partial charge in [-0.05, 0) is 51.3 Å². The number of hydrogen-bond acceptors (Lipinski definition) is 2. The normalized spacial score (nSPS) is 15.3. The molecule has 0 fully saturated rings. The summed E-state index contributed by atoms with van der Waals surface area (Å²) in [6.07, 6.45) is 2.12. The molecule has 3 heteroatoms. The maximum absolute atomic E-state index is 12.8. The molecule has 2 rings (SSSR count). The Hall–Kier alpha value is -1.35. The van der Waals surface area contributed by atoms with Gasteiger partial charge < -0.3 is 10.2 Å². The number of aryl methyl sites for hydroxylation is 2. The van der Waals surface area contributed by atoms with Crippen LogP contribution in [-0.2, 0) is 11.2 Å². The lowest BCUT2D eigenvalue weighted by atomic mass is 9.95. The first-order chi connectivity index (χ1) is 8.97. The quantitative estimate of drug-likeness (QED) is 0.906. The second kappa shape index (κ2) is 5.33. The second-order valence-electron chi connectivity index (χ2n) is 5.80. The zero-order valence-electron chi connectivity index (χ0n) is 12.4. The molecule has 19 heavy (non-hydrogen) atoms. The van der Waals surface area contributed by atoms with E-state index >= 15 is 0 Å². The Morgan fingerprint density at radius 3 is 2.84 bits per heavy atom. The largest absolute Gasteiger partial charge is 0.310 e. The number of carbonyl (C=O) groups is 1. The zero-order valence-corrected chi connectivity index (χ0v) is 12.4. The number of likely N-dealkylation sites (N-methyl/N-ethyl adjacent to an activating group) is 1. The number of benzene rings is 1. The average molecular weight is 260 g/mol. The van der Waals surface area contributed by atoms with Crippen LogP contribution in [0.5, 0.6) is 0 Å². The van der Waals surface area contributed by atoms with Crippen molar-refractivity contribution in [2.24, 2.45) is 0 Å². The van der Waals surface area contributed by atoms with Crippen LogP contribution in [0.2, 0.25) is 0 Å². The number of para-hydroxylation sites is 1. The maximum atomic E-state index is 12.8. The predicted octanol–water partition coefficient (Wildman–Crippen LogP) is 2.66. The molecule has 1 aliphatic rings. The molecule has 1 aromatic rings. The monoisotopic (exact) mass is 260 g/mol. The Morgan fingerprint density at radius 2 is 2.16 bits per heavy atom. The predicted molar refractivity (Wildman–Crippen MR) is 79.6 cm³/mol. The third kappa shape index (κ3) is 2.66. The van der Waals surface area contributed by atoms with Gasteiger partial charge in [-0.25, -0.2) is 0 Å². The summed E-state index contributed by atoms with van der Waals surface area (Å²) in [6.45, 7) is 9.67. The molecular weight excluding hydrogens is 236 g/mol. The third-order valence-electron chi connectivity index (χ3n) is 3.82. The van der Waals surface area contributed by atoms with Gasteiger partial charge in [0.05, 0.1) is 5.54 Å². The molecule has 0 saturated heterocycles. The van der Waals surface area contributed by atoms with E-state index in [2.05, 4.69) is 30.4 Å². The van der Waals surface area contributed by atoms with Crippen molar-refractivity contribution >= 4 is 11.6 Å². The molecule has 0 aliphatic carbocycles. The van der Waals surface area contributed by atoms with E-state index in [0.29, 0.717) is 0 Å². The van der Waals surface area contributed by atoms with Crippen molar-refractivity contribution in [1.29, 1.82) is 0 Å². The topological polar surface area (TPSA) is 32.3 Å². The summed E-state index contributed by atoms with van der Waals surface area (Å²) >= 11 is 0. The molecule has 0 spiro atoms. The van der Waals surface area contributed by atoms with Crippen molar-refractivity contribution in [3.63, 3.8) is 0 Å². The van der Waals surface area contributed by atoms with Crippen LogP contribution in [0.1, 0.15) is 38.3 Å². The van der Waals surface area contributed by atoms with Gasteiger partial charge in [-0.3, -0.25) is 4.79 Å². The fourth-order valence-corrected chi connectivity index (χ4v) is 2.91. The highest BCUT2D eigenvalue weighted by atomic mass is 16.2. The van der Waals surface area contributed by atoms with Crippen LogP contribution in [0.3, 0.4) is 0 Å². The first-order valence-corrected chi connectivity index (χ1v) is 7.13. The highest BCUT2D eigenvalue weighted by Crippen LogP contribution is 2.31. The first-order valence-electron chi connectivity index (χ1n) is 7.13. The van der Waals surface area contributed by atoms with E-state index in [1.807, 2.05) is 25.7 Å². The lowest BCUT2D eigenvalue weighted by Gasteiger charge is -2.37. The van der Waals surface area contributed by atoms with Gasteiger partial charge in [0.25, 0.3) is 0 Å². The van der Waals surface area contributed by atoms with Crippen LogP contribution in [0.15, 0.2) is 18.2 Å². The van der Waals surface area contributed by atoms with Gasteiger partial charge in [0.2, 0.25) is 5.91 Å². The van der Waals surface area contributed by atoms with E-state index in [9.17, 15) is 4.79 Å². The first kappa shape index (κ1) is 14.1. The van der Waals surface area contributed by atoms with Crippen LogP contribution < -0.4 is 10.2 Å². The average Bonchev–Trinajstić information content (AvgIpc) is 2.37. The van der Waals surface area contributed by atoms with Crippen LogP contribution in [0.4, 0.5) is 5.69 Å². The standard InChI is InChI=1S/C16H24N2O/c1-5-17-16(3,4)15(19)18-11-7-10-13-9-6-8-12(2)14(13)18/h6,8-9,17H,5,7,10-11H2,1-4H3. The fraction of sp³-hybridized carbons (Fsp3) is 0.562. The number of amides is 1. The van der Waals surface area contributed by atoms with Gasteiger partial charge in [-0.15, -0.1) is 0 Å². The van der Waals surface area contributed by atoms with E-state index in [0.717, 1.165) is 31.6 Å². The number of rotatable bonds is 3. The minimum Gasteiger partial charge on any atom is -0.310 e. The minimum atomic E-state index is -0.508. The van der Waals surface area contributed by atoms with Gasteiger partial charge in [-0.1, -0.05) is 25.1 Å². The Kier molecular flexibility index (Phi) is 3.95. The molecule has 0 aromatic heterocycles. The summed E-state index contributed by atoms with van der Waals surface area (Å²) < 4.78 is 0. The van der Waals surface area contributed by atoms with Crippen molar-refractivity contribution in [2.75, 3.05) is 18.0 Å². The molecule has 1 aliphatic heterocycles. The van der Waals surface area contributed by atoms with Crippen LogP contribution >= 0.6 is 0 Å². The van der Waals surface area contributed by atoms with E-state index in [4.69, 9.17) is 0 Å². The summed E-state index contributed by atoms with van der Waals surface area (Å²) in [5.74, 6) is 0.171. The highest BCUT2D eigenvalue weighted by molar-refractivity contribution is 6.01. The molecule has 1 heterocycles.